The third kappa shape index (κ3) is 3.62. The Balaban J connectivity index is 2.36. The summed E-state index contributed by atoms with van der Waals surface area (Å²) in [4.78, 5) is 0.0913. The molecule has 6 heteroatoms. The van der Waals surface area contributed by atoms with E-state index < -0.39 is 15.8 Å². The molecule has 0 aromatic heterocycles. The van der Waals surface area contributed by atoms with Crippen molar-refractivity contribution in [2.24, 2.45) is 5.92 Å². The van der Waals surface area contributed by atoms with Crippen LogP contribution in [0.4, 0.5) is 4.39 Å². The van der Waals surface area contributed by atoms with Crippen LogP contribution in [0.5, 0.6) is 0 Å². The Morgan fingerprint density at radius 2 is 2.19 bits per heavy atom. The van der Waals surface area contributed by atoms with E-state index in [1.165, 1.54) is 10.4 Å². The molecule has 1 aliphatic heterocycles. The van der Waals surface area contributed by atoms with Gasteiger partial charge < -0.3 is 5.32 Å². The molecule has 2 rings (SSSR count). The minimum atomic E-state index is -3.63. The van der Waals surface area contributed by atoms with E-state index in [0.29, 0.717) is 31.1 Å². The maximum Gasteiger partial charge on any atom is 0.243 e. The van der Waals surface area contributed by atoms with E-state index in [1.54, 1.807) is 13.1 Å². The van der Waals surface area contributed by atoms with Crippen LogP contribution in [0.2, 0.25) is 0 Å². The molecular weight excluding hydrogens is 291 g/mol. The van der Waals surface area contributed by atoms with E-state index in [2.05, 4.69) is 12.2 Å². The highest BCUT2D eigenvalue weighted by molar-refractivity contribution is 7.89. The topological polar surface area (TPSA) is 49.4 Å². The monoisotopic (exact) mass is 314 g/mol. The van der Waals surface area contributed by atoms with Gasteiger partial charge >= 0.3 is 0 Å². The second-order valence-electron chi connectivity index (χ2n) is 5.56. The first-order chi connectivity index (χ1) is 9.98. The fourth-order valence-electron chi connectivity index (χ4n) is 2.82. The summed E-state index contributed by atoms with van der Waals surface area (Å²) in [6, 6.07) is 3.98. The SMILES string of the molecule is CCC1CCCN(S(=O)(=O)c2cc(F)ccc2CNC)C1. The highest BCUT2D eigenvalue weighted by atomic mass is 32.2. The van der Waals surface area contributed by atoms with E-state index >= 15 is 0 Å². The van der Waals surface area contributed by atoms with Crippen molar-refractivity contribution >= 4 is 10.0 Å². The van der Waals surface area contributed by atoms with Gasteiger partial charge in [-0.3, -0.25) is 0 Å². The lowest BCUT2D eigenvalue weighted by Gasteiger charge is -2.32. The molecule has 0 radical (unpaired) electrons. The van der Waals surface area contributed by atoms with Gasteiger partial charge in [0, 0.05) is 19.6 Å². The van der Waals surface area contributed by atoms with E-state index in [1.807, 2.05) is 0 Å². The van der Waals surface area contributed by atoms with Crippen LogP contribution in [0, 0.1) is 11.7 Å². The summed E-state index contributed by atoms with van der Waals surface area (Å²) in [5.74, 6) is -0.118. The van der Waals surface area contributed by atoms with Crippen LogP contribution in [0.15, 0.2) is 23.1 Å². The second-order valence-corrected chi connectivity index (χ2v) is 7.47. The van der Waals surface area contributed by atoms with Crippen LogP contribution in [-0.2, 0) is 16.6 Å². The molecule has 0 aliphatic carbocycles. The summed E-state index contributed by atoms with van der Waals surface area (Å²) in [7, 11) is -1.88. The minimum Gasteiger partial charge on any atom is -0.316 e. The normalized spacial score (nSPS) is 20.6. The summed E-state index contributed by atoms with van der Waals surface area (Å²) < 4.78 is 40.7. The number of piperidine rings is 1. The van der Waals surface area contributed by atoms with Gasteiger partial charge in [0.15, 0.2) is 0 Å². The Morgan fingerprint density at radius 1 is 1.43 bits per heavy atom. The van der Waals surface area contributed by atoms with Crippen molar-refractivity contribution in [3.63, 3.8) is 0 Å². The predicted molar refractivity (Wildman–Crippen MR) is 80.9 cm³/mol. The van der Waals surface area contributed by atoms with Crippen molar-refractivity contribution in [2.75, 3.05) is 20.1 Å². The predicted octanol–water partition coefficient (Wildman–Crippen LogP) is 2.36. The van der Waals surface area contributed by atoms with E-state index in [9.17, 15) is 12.8 Å². The molecule has 0 bridgehead atoms. The summed E-state index contributed by atoms with van der Waals surface area (Å²) in [5, 5.41) is 2.93. The Hall–Kier alpha value is -0.980. The molecule has 1 saturated heterocycles. The molecule has 1 fully saturated rings. The Labute approximate surface area is 126 Å². The molecule has 1 aromatic carbocycles. The van der Waals surface area contributed by atoms with Gasteiger partial charge in [-0.15, -0.1) is 0 Å². The molecule has 1 heterocycles. The number of sulfonamides is 1. The fraction of sp³-hybridized carbons (Fsp3) is 0.600. The standard InChI is InChI=1S/C15H23FN2O2S/c1-3-12-5-4-8-18(11-12)21(19,20)15-9-14(16)7-6-13(15)10-17-2/h6-7,9,12,17H,3-5,8,10-11H2,1-2H3. The van der Waals surface area contributed by atoms with Gasteiger partial charge in [-0.05, 0) is 43.5 Å². The number of halogens is 1. The lowest BCUT2D eigenvalue weighted by atomic mass is 9.97. The number of benzene rings is 1. The molecule has 0 saturated carbocycles. The quantitative estimate of drug-likeness (QED) is 0.907. The van der Waals surface area contributed by atoms with Crippen LogP contribution in [0.3, 0.4) is 0 Å². The minimum absolute atomic E-state index is 0.0913. The van der Waals surface area contributed by atoms with E-state index in [-0.39, 0.29) is 4.90 Å². The molecule has 1 aromatic rings. The number of nitrogens with one attached hydrogen (secondary N) is 1. The van der Waals surface area contributed by atoms with Crippen LogP contribution in [0.25, 0.3) is 0 Å². The number of nitrogens with zero attached hydrogens (tertiary/aromatic N) is 1. The Kier molecular flexibility index (Phi) is 5.35. The van der Waals surface area contributed by atoms with Crippen molar-refractivity contribution in [3.05, 3.63) is 29.6 Å². The lowest BCUT2D eigenvalue weighted by Crippen LogP contribution is -2.40. The van der Waals surface area contributed by atoms with Gasteiger partial charge in [0.05, 0.1) is 4.90 Å². The molecular formula is C15H23FN2O2S. The molecule has 1 N–H and O–H groups in total. The highest BCUT2D eigenvalue weighted by Gasteiger charge is 2.31. The van der Waals surface area contributed by atoms with E-state index in [0.717, 1.165) is 25.3 Å². The maximum absolute atomic E-state index is 13.5. The van der Waals surface area contributed by atoms with Crippen molar-refractivity contribution in [2.45, 2.75) is 37.6 Å². The summed E-state index contributed by atoms with van der Waals surface area (Å²) in [6.45, 7) is 3.54. The van der Waals surface area contributed by atoms with Gasteiger partial charge in [-0.2, -0.15) is 4.31 Å². The zero-order valence-corrected chi connectivity index (χ0v) is 13.4. The van der Waals surface area contributed by atoms with Gasteiger partial charge in [-0.25, -0.2) is 12.8 Å². The first kappa shape index (κ1) is 16.4. The maximum atomic E-state index is 13.5. The van der Waals surface area contributed by atoms with Crippen LogP contribution in [-0.4, -0.2) is 32.9 Å². The van der Waals surface area contributed by atoms with Crippen LogP contribution >= 0.6 is 0 Å². The third-order valence-corrected chi connectivity index (χ3v) is 6.02. The highest BCUT2D eigenvalue weighted by Crippen LogP contribution is 2.27. The Bertz CT molecular complexity index is 589. The molecule has 4 nitrogen and oxygen atoms in total. The Morgan fingerprint density at radius 3 is 2.86 bits per heavy atom. The third-order valence-electron chi connectivity index (χ3n) is 4.07. The summed E-state index contributed by atoms with van der Waals surface area (Å²) in [5.41, 5.74) is 0.609. The van der Waals surface area contributed by atoms with Gasteiger partial charge in [-0.1, -0.05) is 19.4 Å². The lowest BCUT2D eigenvalue weighted by molar-refractivity contribution is 0.261. The average Bonchev–Trinajstić information content (AvgIpc) is 2.49. The van der Waals surface area contributed by atoms with E-state index in [4.69, 9.17) is 0 Å². The molecule has 118 valence electrons. The molecule has 21 heavy (non-hydrogen) atoms. The first-order valence-electron chi connectivity index (χ1n) is 7.42. The van der Waals surface area contributed by atoms with Crippen LogP contribution in [0.1, 0.15) is 31.7 Å². The number of hydrogen-bond acceptors (Lipinski definition) is 3. The van der Waals surface area contributed by atoms with Crippen molar-refractivity contribution in [3.8, 4) is 0 Å². The summed E-state index contributed by atoms with van der Waals surface area (Å²) >= 11 is 0. The second kappa shape index (κ2) is 6.85. The van der Waals surface area contributed by atoms with Crippen molar-refractivity contribution in [1.29, 1.82) is 0 Å². The zero-order valence-electron chi connectivity index (χ0n) is 12.6. The molecule has 1 unspecified atom stereocenters. The largest absolute Gasteiger partial charge is 0.316 e. The molecule has 0 amide bonds. The zero-order chi connectivity index (χ0) is 15.5. The first-order valence-corrected chi connectivity index (χ1v) is 8.86. The number of hydrogen-bond donors (Lipinski definition) is 1. The molecule has 1 atom stereocenters. The molecule has 0 spiro atoms. The van der Waals surface area contributed by atoms with Gasteiger partial charge in [0.2, 0.25) is 10.0 Å². The molecule has 1 aliphatic rings. The smallest absolute Gasteiger partial charge is 0.243 e. The van der Waals surface area contributed by atoms with Crippen molar-refractivity contribution < 1.29 is 12.8 Å². The average molecular weight is 314 g/mol. The van der Waals surface area contributed by atoms with Crippen molar-refractivity contribution in [1.82, 2.24) is 9.62 Å². The van der Waals surface area contributed by atoms with Crippen LogP contribution < -0.4 is 5.32 Å². The number of rotatable bonds is 5. The van der Waals surface area contributed by atoms with Gasteiger partial charge in [0.25, 0.3) is 0 Å². The van der Waals surface area contributed by atoms with Gasteiger partial charge in [0.1, 0.15) is 5.82 Å². The summed E-state index contributed by atoms with van der Waals surface area (Å²) in [6.07, 6.45) is 2.90. The fourth-order valence-corrected chi connectivity index (χ4v) is 4.61.